The van der Waals surface area contributed by atoms with Gasteiger partial charge in [-0.05, 0) is 24.6 Å². The highest BCUT2D eigenvalue weighted by molar-refractivity contribution is 7.99. The van der Waals surface area contributed by atoms with E-state index >= 15 is 0 Å². The first kappa shape index (κ1) is 18.1. The van der Waals surface area contributed by atoms with Crippen molar-refractivity contribution in [3.63, 3.8) is 0 Å². The molecule has 0 saturated carbocycles. The van der Waals surface area contributed by atoms with Gasteiger partial charge in [-0.2, -0.15) is 0 Å². The quantitative estimate of drug-likeness (QED) is 0.678. The Morgan fingerprint density at radius 2 is 2.04 bits per heavy atom. The third-order valence-electron chi connectivity index (χ3n) is 3.55. The van der Waals surface area contributed by atoms with E-state index in [2.05, 4.69) is 10.2 Å². The Morgan fingerprint density at radius 1 is 1.29 bits per heavy atom. The van der Waals surface area contributed by atoms with Crippen molar-refractivity contribution >= 4 is 17.7 Å². The third kappa shape index (κ3) is 4.41. The molecule has 0 fully saturated rings. The van der Waals surface area contributed by atoms with Gasteiger partial charge >= 0.3 is 0 Å². The molecular weight excluding hydrogens is 328 g/mol. The number of aryl methyl sites for hydroxylation is 1. The van der Waals surface area contributed by atoms with E-state index < -0.39 is 0 Å². The minimum Gasteiger partial charge on any atom is -0.493 e. The summed E-state index contributed by atoms with van der Waals surface area (Å²) in [5.74, 6) is 1.72. The summed E-state index contributed by atoms with van der Waals surface area (Å²) < 4.78 is 12.3. The van der Waals surface area contributed by atoms with Crippen LogP contribution in [0.2, 0.25) is 0 Å². The lowest BCUT2D eigenvalue weighted by Gasteiger charge is -2.21. The molecular formula is C16H22N4O3S. The topological polar surface area (TPSA) is 69.5 Å². The fourth-order valence-electron chi connectivity index (χ4n) is 2.20. The number of carbonyl (C=O) groups is 1. The molecule has 0 radical (unpaired) electrons. The average molecular weight is 350 g/mol. The molecule has 0 aliphatic rings. The lowest BCUT2D eigenvalue weighted by atomic mass is 10.2. The van der Waals surface area contributed by atoms with Gasteiger partial charge in [0.2, 0.25) is 5.91 Å². The highest BCUT2D eigenvalue weighted by atomic mass is 32.2. The molecule has 2 aromatic rings. The molecule has 24 heavy (non-hydrogen) atoms. The van der Waals surface area contributed by atoms with Gasteiger partial charge in [0.25, 0.3) is 0 Å². The first-order chi connectivity index (χ1) is 11.6. The van der Waals surface area contributed by atoms with Crippen LogP contribution < -0.4 is 9.47 Å². The Kier molecular flexibility index (Phi) is 6.48. The standard InChI is InChI=1S/C16H22N4O3S/c1-5-20(15(21)10-24-16-18-17-11-19(16)2)9-12-6-7-13(22-3)14(8-12)23-4/h6-8,11H,5,9-10H2,1-4H3. The van der Waals surface area contributed by atoms with Crippen LogP contribution in [-0.2, 0) is 18.4 Å². The van der Waals surface area contributed by atoms with Crippen molar-refractivity contribution in [1.29, 1.82) is 0 Å². The number of hydrogen-bond acceptors (Lipinski definition) is 6. The van der Waals surface area contributed by atoms with Crippen LogP contribution in [0.4, 0.5) is 0 Å². The van der Waals surface area contributed by atoms with E-state index in [9.17, 15) is 4.79 Å². The van der Waals surface area contributed by atoms with Crippen LogP contribution >= 0.6 is 11.8 Å². The maximum absolute atomic E-state index is 12.5. The highest BCUT2D eigenvalue weighted by Crippen LogP contribution is 2.28. The summed E-state index contributed by atoms with van der Waals surface area (Å²) in [6, 6.07) is 5.68. The van der Waals surface area contributed by atoms with Crippen LogP contribution in [-0.4, -0.2) is 52.1 Å². The Hall–Kier alpha value is -2.22. The number of nitrogens with zero attached hydrogens (tertiary/aromatic N) is 4. The molecule has 0 unspecified atom stereocenters. The number of rotatable bonds is 8. The molecule has 7 nitrogen and oxygen atoms in total. The van der Waals surface area contributed by atoms with Crippen molar-refractivity contribution in [3.8, 4) is 11.5 Å². The van der Waals surface area contributed by atoms with Crippen LogP contribution in [0, 0.1) is 0 Å². The van der Waals surface area contributed by atoms with E-state index in [4.69, 9.17) is 9.47 Å². The van der Waals surface area contributed by atoms with Gasteiger partial charge in [-0.25, -0.2) is 0 Å². The SMILES string of the molecule is CCN(Cc1ccc(OC)c(OC)c1)C(=O)CSc1nncn1C. The Balaban J connectivity index is 2.00. The fourth-order valence-corrected chi connectivity index (χ4v) is 2.99. The van der Waals surface area contributed by atoms with Gasteiger partial charge in [0.1, 0.15) is 6.33 Å². The second-order valence-corrected chi connectivity index (χ2v) is 6.05. The summed E-state index contributed by atoms with van der Waals surface area (Å²) in [4.78, 5) is 14.3. The molecule has 0 aliphatic heterocycles. The van der Waals surface area contributed by atoms with Crippen molar-refractivity contribution in [2.75, 3.05) is 26.5 Å². The normalized spacial score (nSPS) is 10.5. The second kappa shape index (κ2) is 8.58. The molecule has 0 aliphatic carbocycles. The van der Waals surface area contributed by atoms with E-state index in [1.165, 1.54) is 11.8 Å². The number of amides is 1. The van der Waals surface area contributed by atoms with Crippen molar-refractivity contribution in [1.82, 2.24) is 19.7 Å². The zero-order valence-corrected chi connectivity index (χ0v) is 15.2. The maximum Gasteiger partial charge on any atom is 0.233 e. The van der Waals surface area contributed by atoms with Gasteiger partial charge in [-0.3, -0.25) is 4.79 Å². The van der Waals surface area contributed by atoms with E-state index in [0.717, 1.165) is 10.7 Å². The zero-order chi connectivity index (χ0) is 17.5. The Labute approximate surface area is 146 Å². The average Bonchev–Trinajstić information content (AvgIpc) is 3.02. The summed E-state index contributed by atoms with van der Waals surface area (Å²) in [5, 5.41) is 8.51. The number of benzene rings is 1. The van der Waals surface area contributed by atoms with Gasteiger partial charge in [0.15, 0.2) is 16.7 Å². The fraction of sp³-hybridized carbons (Fsp3) is 0.438. The summed E-state index contributed by atoms with van der Waals surface area (Å²) in [5.41, 5.74) is 0.992. The largest absolute Gasteiger partial charge is 0.493 e. The highest BCUT2D eigenvalue weighted by Gasteiger charge is 2.15. The summed E-state index contributed by atoms with van der Waals surface area (Å²) in [7, 11) is 5.05. The van der Waals surface area contributed by atoms with Gasteiger partial charge in [-0.15, -0.1) is 10.2 Å². The van der Waals surface area contributed by atoms with E-state index in [0.29, 0.717) is 30.3 Å². The molecule has 1 aromatic carbocycles. The predicted molar refractivity (Wildman–Crippen MR) is 92.4 cm³/mol. The van der Waals surface area contributed by atoms with Crippen molar-refractivity contribution in [2.45, 2.75) is 18.6 Å². The maximum atomic E-state index is 12.5. The van der Waals surface area contributed by atoms with Crippen molar-refractivity contribution in [3.05, 3.63) is 30.1 Å². The number of thioether (sulfide) groups is 1. The van der Waals surface area contributed by atoms with Crippen LogP contribution in [0.25, 0.3) is 0 Å². The molecule has 0 N–H and O–H groups in total. The zero-order valence-electron chi connectivity index (χ0n) is 14.4. The van der Waals surface area contributed by atoms with Crippen LogP contribution in [0.15, 0.2) is 29.7 Å². The molecule has 1 aromatic heterocycles. The minimum atomic E-state index is 0.0558. The van der Waals surface area contributed by atoms with Crippen molar-refractivity contribution < 1.29 is 14.3 Å². The summed E-state index contributed by atoms with van der Waals surface area (Å²) >= 11 is 1.38. The lowest BCUT2D eigenvalue weighted by molar-refractivity contribution is -0.128. The van der Waals surface area contributed by atoms with E-state index in [-0.39, 0.29) is 5.91 Å². The number of carbonyl (C=O) groups excluding carboxylic acids is 1. The van der Waals surface area contributed by atoms with Gasteiger partial charge < -0.3 is 18.9 Å². The number of aromatic nitrogens is 3. The molecule has 0 spiro atoms. The van der Waals surface area contributed by atoms with Gasteiger partial charge in [0, 0.05) is 20.1 Å². The summed E-state index contributed by atoms with van der Waals surface area (Å²) in [6.45, 7) is 3.12. The van der Waals surface area contributed by atoms with Gasteiger partial charge in [0.05, 0.1) is 20.0 Å². The van der Waals surface area contributed by atoms with Gasteiger partial charge in [-0.1, -0.05) is 17.8 Å². The molecule has 2 rings (SSSR count). The van der Waals surface area contributed by atoms with E-state index in [1.807, 2.05) is 32.2 Å². The Bertz CT molecular complexity index is 690. The smallest absolute Gasteiger partial charge is 0.233 e. The Morgan fingerprint density at radius 3 is 2.62 bits per heavy atom. The number of methoxy groups -OCH3 is 2. The van der Waals surface area contributed by atoms with Crippen LogP contribution in [0.3, 0.4) is 0 Å². The molecule has 1 amide bonds. The molecule has 0 saturated heterocycles. The number of ether oxygens (including phenoxy) is 2. The third-order valence-corrected chi connectivity index (χ3v) is 4.57. The van der Waals surface area contributed by atoms with E-state index in [1.54, 1.807) is 30.0 Å². The molecule has 130 valence electrons. The first-order valence-electron chi connectivity index (χ1n) is 7.54. The van der Waals surface area contributed by atoms with Crippen LogP contribution in [0.5, 0.6) is 11.5 Å². The second-order valence-electron chi connectivity index (χ2n) is 5.11. The monoisotopic (exact) mass is 350 g/mol. The molecule has 8 heteroatoms. The van der Waals surface area contributed by atoms with Crippen LogP contribution in [0.1, 0.15) is 12.5 Å². The molecule has 1 heterocycles. The predicted octanol–water partition coefficient (Wildman–Crippen LogP) is 1.97. The van der Waals surface area contributed by atoms with Crippen molar-refractivity contribution in [2.24, 2.45) is 7.05 Å². The summed E-state index contributed by atoms with van der Waals surface area (Å²) in [6.07, 6.45) is 1.62. The minimum absolute atomic E-state index is 0.0558. The molecule has 0 atom stereocenters. The first-order valence-corrected chi connectivity index (χ1v) is 8.53. The number of hydrogen-bond donors (Lipinski definition) is 0. The molecule has 0 bridgehead atoms. The lowest BCUT2D eigenvalue weighted by Crippen LogP contribution is -2.31.